The molecule has 5 nitrogen and oxygen atoms in total. The zero-order valence-corrected chi connectivity index (χ0v) is 15.2. The fraction of sp³-hybridized carbons (Fsp3) is 0.263. The molecule has 1 saturated heterocycles. The standard InChI is InChI=1S/C19H18ClFN2O3/c1-12-10-23(15-5-3-4-13(20)8-15)18(24)11-22(12)19(25)16-9-14(21)6-7-17(16)26-2/h3-9,12H,10-11H2,1-2H3. The molecule has 0 radical (unpaired) electrons. The van der Waals surface area contributed by atoms with E-state index < -0.39 is 11.7 Å². The molecular formula is C19H18ClFN2O3. The minimum atomic E-state index is -0.536. The van der Waals surface area contributed by atoms with Crippen molar-refractivity contribution in [3.05, 3.63) is 58.9 Å². The Morgan fingerprint density at radius 3 is 2.73 bits per heavy atom. The Hall–Kier alpha value is -2.60. The van der Waals surface area contributed by atoms with Crippen molar-refractivity contribution in [3.63, 3.8) is 0 Å². The van der Waals surface area contributed by atoms with Crippen molar-refractivity contribution >= 4 is 29.1 Å². The maximum absolute atomic E-state index is 13.6. The summed E-state index contributed by atoms with van der Waals surface area (Å²) in [6.07, 6.45) is 0. The van der Waals surface area contributed by atoms with Crippen LogP contribution in [0.2, 0.25) is 5.02 Å². The maximum atomic E-state index is 13.6. The van der Waals surface area contributed by atoms with Gasteiger partial charge in [0.05, 0.1) is 12.7 Å². The number of carbonyl (C=O) groups is 2. The van der Waals surface area contributed by atoms with E-state index in [9.17, 15) is 14.0 Å². The van der Waals surface area contributed by atoms with Crippen LogP contribution in [0.3, 0.4) is 0 Å². The molecular weight excluding hydrogens is 359 g/mol. The molecule has 1 unspecified atom stereocenters. The number of halogens is 2. The zero-order chi connectivity index (χ0) is 18.8. The van der Waals surface area contributed by atoms with E-state index in [1.54, 1.807) is 29.2 Å². The monoisotopic (exact) mass is 376 g/mol. The van der Waals surface area contributed by atoms with Gasteiger partial charge in [-0.15, -0.1) is 0 Å². The largest absolute Gasteiger partial charge is 0.496 e. The summed E-state index contributed by atoms with van der Waals surface area (Å²) in [5, 5.41) is 0.533. The number of nitrogens with zero attached hydrogens (tertiary/aromatic N) is 2. The number of piperazine rings is 1. The summed E-state index contributed by atoms with van der Waals surface area (Å²) < 4.78 is 18.7. The van der Waals surface area contributed by atoms with Gasteiger partial charge in [-0.25, -0.2) is 4.39 Å². The highest BCUT2D eigenvalue weighted by Crippen LogP contribution is 2.26. The van der Waals surface area contributed by atoms with Gasteiger partial charge >= 0.3 is 0 Å². The Kier molecular flexibility index (Phi) is 5.13. The van der Waals surface area contributed by atoms with Gasteiger partial charge in [0.25, 0.3) is 5.91 Å². The van der Waals surface area contributed by atoms with Crippen molar-refractivity contribution in [2.24, 2.45) is 0 Å². The van der Waals surface area contributed by atoms with Crippen molar-refractivity contribution in [2.75, 3.05) is 25.1 Å². The van der Waals surface area contributed by atoms with Crippen molar-refractivity contribution in [1.29, 1.82) is 0 Å². The second-order valence-electron chi connectivity index (χ2n) is 6.11. The van der Waals surface area contributed by atoms with Crippen LogP contribution in [-0.4, -0.2) is 43.0 Å². The van der Waals surface area contributed by atoms with E-state index in [1.165, 1.54) is 24.1 Å². The number of ether oxygens (including phenoxy) is 1. The number of hydrogen-bond acceptors (Lipinski definition) is 3. The van der Waals surface area contributed by atoms with Gasteiger partial charge < -0.3 is 14.5 Å². The van der Waals surface area contributed by atoms with Gasteiger partial charge in [0, 0.05) is 23.3 Å². The topological polar surface area (TPSA) is 49.9 Å². The zero-order valence-electron chi connectivity index (χ0n) is 14.4. The van der Waals surface area contributed by atoms with E-state index >= 15 is 0 Å². The van der Waals surface area contributed by atoms with Crippen LogP contribution in [0.15, 0.2) is 42.5 Å². The number of carbonyl (C=O) groups excluding carboxylic acids is 2. The molecule has 2 aromatic rings. The number of anilines is 1. The first-order valence-electron chi connectivity index (χ1n) is 8.11. The normalized spacial score (nSPS) is 17.4. The molecule has 1 aliphatic rings. The molecule has 3 rings (SSSR count). The molecule has 2 amide bonds. The number of benzene rings is 2. The van der Waals surface area contributed by atoms with Gasteiger partial charge in [-0.05, 0) is 43.3 Å². The lowest BCUT2D eigenvalue weighted by molar-refractivity contribution is -0.121. The predicted octanol–water partition coefficient (Wildman–Crippen LogP) is 3.37. The minimum absolute atomic E-state index is 0.100. The fourth-order valence-electron chi connectivity index (χ4n) is 3.02. The third-order valence-corrected chi connectivity index (χ3v) is 4.59. The predicted molar refractivity (Wildman–Crippen MR) is 97.3 cm³/mol. The van der Waals surface area contributed by atoms with E-state index in [0.717, 1.165) is 6.07 Å². The highest BCUT2D eigenvalue weighted by atomic mass is 35.5. The number of amides is 2. The average Bonchev–Trinajstić information content (AvgIpc) is 2.62. The fourth-order valence-corrected chi connectivity index (χ4v) is 3.20. The Labute approximate surface area is 155 Å². The summed E-state index contributed by atoms with van der Waals surface area (Å²) in [6.45, 7) is 2.06. The first kappa shape index (κ1) is 18.2. The van der Waals surface area contributed by atoms with E-state index in [1.807, 2.05) is 6.92 Å². The van der Waals surface area contributed by atoms with Gasteiger partial charge in [0.2, 0.25) is 5.91 Å². The van der Waals surface area contributed by atoms with Gasteiger partial charge in [-0.2, -0.15) is 0 Å². The summed E-state index contributed by atoms with van der Waals surface area (Å²) >= 11 is 6.00. The molecule has 1 atom stereocenters. The smallest absolute Gasteiger partial charge is 0.258 e. The number of hydrogen-bond donors (Lipinski definition) is 0. The highest BCUT2D eigenvalue weighted by molar-refractivity contribution is 6.30. The molecule has 0 bridgehead atoms. The van der Waals surface area contributed by atoms with Crippen molar-refractivity contribution < 1.29 is 18.7 Å². The van der Waals surface area contributed by atoms with Gasteiger partial charge in [0.1, 0.15) is 18.1 Å². The lowest BCUT2D eigenvalue weighted by Gasteiger charge is -2.39. The molecule has 0 N–H and O–H groups in total. The average molecular weight is 377 g/mol. The summed E-state index contributed by atoms with van der Waals surface area (Å²) in [5.41, 5.74) is 0.785. The molecule has 2 aromatic carbocycles. The summed E-state index contributed by atoms with van der Waals surface area (Å²) in [6, 6.07) is 10.5. The molecule has 0 spiro atoms. The lowest BCUT2D eigenvalue weighted by atomic mass is 10.1. The summed E-state index contributed by atoms with van der Waals surface area (Å²) in [5.74, 6) is -0.930. The molecule has 7 heteroatoms. The Morgan fingerprint density at radius 2 is 2.04 bits per heavy atom. The van der Waals surface area contributed by atoms with Crippen LogP contribution in [0.25, 0.3) is 0 Å². The van der Waals surface area contributed by atoms with E-state index in [2.05, 4.69) is 0 Å². The van der Waals surface area contributed by atoms with Crippen LogP contribution in [0.4, 0.5) is 10.1 Å². The molecule has 0 saturated carbocycles. The highest BCUT2D eigenvalue weighted by Gasteiger charge is 2.34. The van der Waals surface area contributed by atoms with Crippen molar-refractivity contribution in [1.82, 2.24) is 4.90 Å². The van der Waals surface area contributed by atoms with Crippen LogP contribution in [-0.2, 0) is 4.79 Å². The molecule has 136 valence electrons. The van der Waals surface area contributed by atoms with Crippen LogP contribution in [0.1, 0.15) is 17.3 Å². The molecule has 0 aliphatic carbocycles. The first-order chi connectivity index (χ1) is 12.4. The van der Waals surface area contributed by atoms with Gasteiger partial charge in [0.15, 0.2) is 0 Å². The third kappa shape index (κ3) is 3.51. The summed E-state index contributed by atoms with van der Waals surface area (Å²) in [4.78, 5) is 28.5. The van der Waals surface area contributed by atoms with E-state index in [4.69, 9.17) is 16.3 Å². The van der Waals surface area contributed by atoms with Crippen LogP contribution in [0, 0.1) is 5.82 Å². The quantitative estimate of drug-likeness (QED) is 0.825. The Bertz CT molecular complexity index is 858. The van der Waals surface area contributed by atoms with Crippen LogP contribution >= 0.6 is 11.6 Å². The second kappa shape index (κ2) is 7.33. The van der Waals surface area contributed by atoms with E-state index in [-0.39, 0.29) is 29.8 Å². The molecule has 26 heavy (non-hydrogen) atoms. The van der Waals surface area contributed by atoms with Crippen molar-refractivity contribution in [2.45, 2.75) is 13.0 Å². The lowest BCUT2D eigenvalue weighted by Crippen LogP contribution is -2.57. The van der Waals surface area contributed by atoms with Crippen LogP contribution < -0.4 is 9.64 Å². The first-order valence-corrected chi connectivity index (χ1v) is 8.49. The van der Waals surface area contributed by atoms with Crippen molar-refractivity contribution in [3.8, 4) is 5.75 Å². The third-order valence-electron chi connectivity index (χ3n) is 4.36. The minimum Gasteiger partial charge on any atom is -0.496 e. The maximum Gasteiger partial charge on any atom is 0.258 e. The number of rotatable bonds is 3. The number of methoxy groups -OCH3 is 1. The SMILES string of the molecule is COc1ccc(F)cc1C(=O)N1CC(=O)N(c2cccc(Cl)c2)CC1C. The van der Waals surface area contributed by atoms with Crippen LogP contribution in [0.5, 0.6) is 5.75 Å². The Balaban J connectivity index is 1.85. The van der Waals surface area contributed by atoms with Gasteiger partial charge in [-0.3, -0.25) is 9.59 Å². The Morgan fingerprint density at radius 1 is 1.27 bits per heavy atom. The summed E-state index contributed by atoms with van der Waals surface area (Å²) in [7, 11) is 1.41. The van der Waals surface area contributed by atoms with E-state index in [0.29, 0.717) is 17.3 Å². The molecule has 1 fully saturated rings. The second-order valence-corrected chi connectivity index (χ2v) is 6.55. The molecule has 1 aliphatic heterocycles. The molecule has 0 aromatic heterocycles. The van der Waals surface area contributed by atoms with Gasteiger partial charge in [-0.1, -0.05) is 17.7 Å². The molecule has 1 heterocycles.